The topological polar surface area (TPSA) is 98.5 Å². The molecule has 0 aliphatic carbocycles. The Morgan fingerprint density at radius 1 is 1.48 bits per heavy atom. The predicted octanol–water partition coefficient (Wildman–Crippen LogP) is 1.86. The van der Waals surface area contributed by atoms with Gasteiger partial charge in [-0.15, -0.1) is 0 Å². The van der Waals surface area contributed by atoms with Gasteiger partial charge in [0, 0.05) is 13.1 Å². The first-order valence-corrected chi connectivity index (χ1v) is 7.91. The number of carboxylic acids is 1. The molecule has 1 N–H and O–H groups in total. The molecule has 114 valence electrons. The molecule has 0 aliphatic heterocycles. The monoisotopic (exact) mass is 310 g/mol. The Kier molecular flexibility index (Phi) is 5.47. The van der Waals surface area contributed by atoms with Crippen LogP contribution in [-0.2, 0) is 10.0 Å². The van der Waals surface area contributed by atoms with Crippen molar-refractivity contribution in [3.63, 3.8) is 0 Å². The molecule has 21 heavy (non-hydrogen) atoms. The van der Waals surface area contributed by atoms with Gasteiger partial charge in [-0.3, -0.25) is 0 Å². The second-order valence-corrected chi connectivity index (χ2v) is 6.71. The molecule has 1 rings (SSSR count). The fourth-order valence-electron chi connectivity index (χ4n) is 1.88. The molecule has 0 saturated carbocycles. The summed E-state index contributed by atoms with van der Waals surface area (Å²) in [5.74, 6) is -1.61. The summed E-state index contributed by atoms with van der Waals surface area (Å²) in [4.78, 5) is 11.0. The summed E-state index contributed by atoms with van der Waals surface area (Å²) in [6.07, 6.45) is 0. The number of rotatable bonds is 6. The van der Waals surface area contributed by atoms with Gasteiger partial charge in [-0.05, 0) is 31.5 Å². The minimum atomic E-state index is -3.81. The van der Waals surface area contributed by atoms with Crippen LogP contribution < -0.4 is 0 Å². The lowest BCUT2D eigenvalue weighted by atomic mass is 10.1. The standard InChI is InChI=1S/C14H18N2O4S/c1-4-16(9-10(2)8-15)21(19,20)12-6-5-11(3)13(7-12)14(17)18/h5-7,10H,4,9H2,1-3H3,(H,17,18). The minimum absolute atomic E-state index is 0.0412. The predicted molar refractivity (Wildman–Crippen MR) is 77.3 cm³/mol. The molecule has 0 aromatic heterocycles. The van der Waals surface area contributed by atoms with Crippen LogP contribution in [-0.4, -0.2) is 36.9 Å². The molecule has 0 saturated heterocycles. The second-order valence-electron chi connectivity index (χ2n) is 4.77. The number of sulfonamides is 1. The van der Waals surface area contributed by atoms with Gasteiger partial charge in [0.2, 0.25) is 10.0 Å². The van der Waals surface area contributed by atoms with Crippen LogP contribution in [0.2, 0.25) is 0 Å². The van der Waals surface area contributed by atoms with Crippen LogP contribution in [0.4, 0.5) is 0 Å². The van der Waals surface area contributed by atoms with Crippen molar-refractivity contribution in [2.24, 2.45) is 5.92 Å². The van der Waals surface area contributed by atoms with Crippen LogP contribution in [0.5, 0.6) is 0 Å². The molecule has 0 radical (unpaired) electrons. The molecule has 7 heteroatoms. The van der Waals surface area contributed by atoms with Gasteiger partial charge in [0.1, 0.15) is 0 Å². The van der Waals surface area contributed by atoms with Gasteiger partial charge in [0.05, 0.1) is 22.4 Å². The summed E-state index contributed by atoms with van der Waals surface area (Å²) in [6, 6.07) is 6.01. The van der Waals surface area contributed by atoms with Crippen molar-refractivity contribution in [2.45, 2.75) is 25.7 Å². The Morgan fingerprint density at radius 3 is 2.57 bits per heavy atom. The van der Waals surface area contributed by atoms with Gasteiger partial charge < -0.3 is 5.11 Å². The van der Waals surface area contributed by atoms with Crippen LogP contribution in [0.25, 0.3) is 0 Å². The summed E-state index contributed by atoms with van der Waals surface area (Å²) in [5, 5.41) is 17.9. The summed E-state index contributed by atoms with van der Waals surface area (Å²) in [7, 11) is -3.81. The fourth-order valence-corrected chi connectivity index (χ4v) is 3.45. The molecular weight excluding hydrogens is 292 g/mol. The molecule has 1 unspecified atom stereocenters. The van der Waals surface area contributed by atoms with E-state index in [2.05, 4.69) is 0 Å². The molecule has 6 nitrogen and oxygen atoms in total. The zero-order valence-corrected chi connectivity index (χ0v) is 13.0. The number of aryl methyl sites for hydroxylation is 1. The highest BCUT2D eigenvalue weighted by molar-refractivity contribution is 7.89. The van der Waals surface area contributed by atoms with Crippen molar-refractivity contribution >= 4 is 16.0 Å². The Bertz CT molecular complexity index is 677. The minimum Gasteiger partial charge on any atom is -0.478 e. The number of hydrogen-bond donors (Lipinski definition) is 1. The van der Waals surface area contributed by atoms with Crippen molar-refractivity contribution in [2.75, 3.05) is 13.1 Å². The van der Waals surface area contributed by atoms with Gasteiger partial charge in [-0.25, -0.2) is 13.2 Å². The second kappa shape index (κ2) is 6.70. The van der Waals surface area contributed by atoms with Crippen LogP contribution in [0.1, 0.15) is 29.8 Å². The molecule has 0 bridgehead atoms. The number of nitrogens with zero attached hydrogens (tertiary/aromatic N) is 2. The van der Waals surface area contributed by atoms with E-state index < -0.39 is 21.9 Å². The Hall–Kier alpha value is -1.91. The molecule has 1 aromatic rings. The lowest BCUT2D eigenvalue weighted by Crippen LogP contribution is -2.34. The number of hydrogen-bond acceptors (Lipinski definition) is 4. The van der Waals surface area contributed by atoms with Gasteiger partial charge in [0.25, 0.3) is 0 Å². The number of carboxylic acid groups (broad SMARTS) is 1. The number of aromatic carboxylic acids is 1. The van der Waals surface area contributed by atoms with Gasteiger partial charge >= 0.3 is 5.97 Å². The van der Waals surface area contributed by atoms with E-state index in [1.165, 1.54) is 16.4 Å². The number of carbonyl (C=O) groups is 1. The quantitative estimate of drug-likeness (QED) is 0.864. The zero-order valence-electron chi connectivity index (χ0n) is 12.2. The molecule has 0 aliphatic rings. The third-order valence-corrected chi connectivity index (χ3v) is 5.06. The maximum absolute atomic E-state index is 12.5. The highest BCUT2D eigenvalue weighted by atomic mass is 32.2. The molecule has 1 atom stereocenters. The highest BCUT2D eigenvalue weighted by Gasteiger charge is 2.25. The van der Waals surface area contributed by atoms with Gasteiger partial charge in [-0.2, -0.15) is 9.57 Å². The van der Waals surface area contributed by atoms with Gasteiger partial charge in [0.15, 0.2) is 0 Å². The zero-order chi connectivity index (χ0) is 16.2. The maximum Gasteiger partial charge on any atom is 0.335 e. The van der Waals surface area contributed by atoms with Crippen LogP contribution in [0.15, 0.2) is 23.1 Å². The van der Waals surface area contributed by atoms with Crippen LogP contribution >= 0.6 is 0 Å². The van der Waals surface area contributed by atoms with Gasteiger partial charge in [-0.1, -0.05) is 13.0 Å². The fraction of sp³-hybridized carbons (Fsp3) is 0.429. The lowest BCUT2D eigenvalue weighted by molar-refractivity contribution is 0.0696. The Labute approximate surface area is 124 Å². The summed E-state index contributed by atoms with van der Waals surface area (Å²) in [6.45, 7) is 5.20. The van der Waals surface area contributed by atoms with E-state index in [0.717, 1.165) is 6.07 Å². The van der Waals surface area contributed by atoms with E-state index in [0.29, 0.717) is 5.56 Å². The van der Waals surface area contributed by atoms with Crippen LogP contribution in [0, 0.1) is 24.2 Å². The number of benzene rings is 1. The van der Waals surface area contributed by atoms with E-state index in [1.807, 2.05) is 6.07 Å². The first-order chi connectivity index (χ1) is 9.73. The van der Waals surface area contributed by atoms with E-state index in [4.69, 9.17) is 10.4 Å². The van der Waals surface area contributed by atoms with Crippen molar-refractivity contribution < 1.29 is 18.3 Å². The first-order valence-electron chi connectivity index (χ1n) is 6.47. The molecule has 0 spiro atoms. The number of nitriles is 1. The summed E-state index contributed by atoms with van der Waals surface area (Å²) < 4.78 is 26.2. The lowest BCUT2D eigenvalue weighted by Gasteiger charge is -2.21. The summed E-state index contributed by atoms with van der Waals surface area (Å²) >= 11 is 0. The third-order valence-electron chi connectivity index (χ3n) is 3.13. The Balaban J connectivity index is 3.27. The average Bonchev–Trinajstić information content (AvgIpc) is 2.43. The van der Waals surface area contributed by atoms with Crippen molar-refractivity contribution in [3.8, 4) is 6.07 Å². The summed E-state index contributed by atoms with van der Waals surface area (Å²) in [5.41, 5.74) is 0.454. The van der Waals surface area contributed by atoms with Crippen molar-refractivity contribution in [1.29, 1.82) is 5.26 Å². The van der Waals surface area contributed by atoms with E-state index in [9.17, 15) is 13.2 Å². The first kappa shape index (κ1) is 17.1. The highest BCUT2D eigenvalue weighted by Crippen LogP contribution is 2.20. The van der Waals surface area contributed by atoms with Crippen molar-refractivity contribution in [1.82, 2.24) is 4.31 Å². The normalized spacial score (nSPS) is 12.9. The van der Waals surface area contributed by atoms with E-state index in [-0.39, 0.29) is 23.5 Å². The third kappa shape index (κ3) is 3.80. The SMILES string of the molecule is CCN(CC(C)C#N)S(=O)(=O)c1ccc(C)c(C(=O)O)c1. The van der Waals surface area contributed by atoms with Crippen LogP contribution in [0.3, 0.4) is 0 Å². The van der Waals surface area contributed by atoms with E-state index in [1.54, 1.807) is 20.8 Å². The molecule has 0 fully saturated rings. The largest absolute Gasteiger partial charge is 0.478 e. The molecule has 1 aromatic carbocycles. The average molecular weight is 310 g/mol. The maximum atomic E-state index is 12.5. The smallest absolute Gasteiger partial charge is 0.335 e. The Morgan fingerprint density at radius 2 is 2.10 bits per heavy atom. The van der Waals surface area contributed by atoms with Crippen molar-refractivity contribution in [3.05, 3.63) is 29.3 Å². The molecule has 0 amide bonds. The van der Waals surface area contributed by atoms with E-state index >= 15 is 0 Å². The molecular formula is C14H18N2O4S. The molecule has 0 heterocycles.